The van der Waals surface area contributed by atoms with Gasteiger partial charge in [-0.15, -0.1) is 0 Å². The van der Waals surface area contributed by atoms with E-state index in [1.165, 1.54) is 0 Å². The molecule has 1 aliphatic rings. The molecule has 2 rings (SSSR count). The average Bonchev–Trinajstić information content (AvgIpc) is 2.48. The maximum absolute atomic E-state index is 12.2. The van der Waals surface area contributed by atoms with Crippen LogP contribution in [0.4, 0.5) is 5.69 Å². The minimum Gasteiger partial charge on any atom is -0.369 e. The van der Waals surface area contributed by atoms with Gasteiger partial charge in [0, 0.05) is 38.4 Å². The van der Waals surface area contributed by atoms with Gasteiger partial charge in [0.1, 0.15) is 0 Å². The molecule has 1 N–H and O–H groups in total. The van der Waals surface area contributed by atoms with Crippen molar-refractivity contribution in [1.82, 2.24) is 9.62 Å². The fourth-order valence-electron chi connectivity index (χ4n) is 2.37. The summed E-state index contributed by atoms with van der Waals surface area (Å²) >= 11 is 0. The molecule has 0 saturated carbocycles. The summed E-state index contributed by atoms with van der Waals surface area (Å²) in [5.74, 6) is 0.187. The van der Waals surface area contributed by atoms with Gasteiger partial charge in [-0.1, -0.05) is 25.1 Å². The summed E-state index contributed by atoms with van der Waals surface area (Å²) in [7, 11) is -3.12. The minimum absolute atomic E-state index is 0.187. The number of nitrogens with zero attached hydrogens (tertiary/aromatic N) is 2. The lowest BCUT2D eigenvalue weighted by Gasteiger charge is -2.35. The Hall–Kier alpha value is -1.11. The van der Waals surface area contributed by atoms with Crippen LogP contribution >= 0.6 is 0 Å². The van der Waals surface area contributed by atoms with E-state index >= 15 is 0 Å². The van der Waals surface area contributed by atoms with E-state index in [1.54, 1.807) is 4.31 Å². The highest BCUT2D eigenvalue weighted by molar-refractivity contribution is 7.89. The minimum atomic E-state index is -3.12. The molecule has 112 valence electrons. The zero-order valence-electron chi connectivity index (χ0n) is 12.0. The number of para-hydroxylation sites is 1. The topological polar surface area (TPSA) is 52.7 Å². The number of sulfonamides is 1. The third-order valence-corrected chi connectivity index (χ3v) is 5.41. The van der Waals surface area contributed by atoms with E-state index in [0.717, 1.165) is 25.3 Å². The van der Waals surface area contributed by atoms with Crippen LogP contribution in [0.25, 0.3) is 0 Å². The Bertz CT molecular complexity index is 496. The molecule has 1 aliphatic heterocycles. The predicted octanol–water partition coefficient (Wildman–Crippen LogP) is 0.748. The molecule has 1 aromatic carbocycles. The lowest BCUT2D eigenvalue weighted by molar-refractivity contribution is 0.384. The maximum Gasteiger partial charge on any atom is 0.215 e. The van der Waals surface area contributed by atoms with Crippen LogP contribution < -0.4 is 10.2 Å². The number of nitrogens with one attached hydrogen (secondary N) is 1. The summed E-state index contributed by atoms with van der Waals surface area (Å²) in [6.07, 6.45) is 0. The second kappa shape index (κ2) is 7.06. The van der Waals surface area contributed by atoms with Crippen LogP contribution in [0.15, 0.2) is 30.3 Å². The lowest BCUT2D eigenvalue weighted by atomic mass is 10.2. The quantitative estimate of drug-likeness (QED) is 0.787. The van der Waals surface area contributed by atoms with Crippen molar-refractivity contribution in [2.24, 2.45) is 0 Å². The van der Waals surface area contributed by atoms with E-state index in [1.807, 2.05) is 25.1 Å². The normalized spacial score (nSPS) is 17.4. The average molecular weight is 297 g/mol. The molecule has 0 aliphatic carbocycles. The zero-order valence-corrected chi connectivity index (χ0v) is 12.8. The summed E-state index contributed by atoms with van der Waals surface area (Å²) in [6.45, 7) is 5.96. The van der Waals surface area contributed by atoms with Crippen molar-refractivity contribution in [3.63, 3.8) is 0 Å². The molecule has 0 amide bonds. The first-order chi connectivity index (χ1) is 9.63. The van der Waals surface area contributed by atoms with Crippen LogP contribution in [-0.2, 0) is 10.0 Å². The van der Waals surface area contributed by atoms with Crippen molar-refractivity contribution in [2.45, 2.75) is 6.92 Å². The van der Waals surface area contributed by atoms with Gasteiger partial charge in [-0.2, -0.15) is 4.31 Å². The molecule has 20 heavy (non-hydrogen) atoms. The van der Waals surface area contributed by atoms with E-state index in [0.29, 0.717) is 19.6 Å². The molecule has 1 saturated heterocycles. The summed E-state index contributed by atoms with van der Waals surface area (Å²) in [5.41, 5.74) is 1.16. The summed E-state index contributed by atoms with van der Waals surface area (Å²) in [4.78, 5) is 2.23. The van der Waals surface area contributed by atoms with Gasteiger partial charge in [0.2, 0.25) is 10.0 Å². The van der Waals surface area contributed by atoms with Gasteiger partial charge in [0.25, 0.3) is 0 Å². The number of rotatable bonds is 6. The van der Waals surface area contributed by atoms with Crippen molar-refractivity contribution < 1.29 is 8.42 Å². The Labute approximate surface area is 121 Å². The zero-order chi connectivity index (χ0) is 14.4. The molecule has 5 nitrogen and oxygen atoms in total. The fraction of sp³-hybridized carbons (Fsp3) is 0.571. The van der Waals surface area contributed by atoms with Gasteiger partial charge >= 0.3 is 0 Å². The van der Waals surface area contributed by atoms with Gasteiger partial charge < -0.3 is 10.2 Å². The van der Waals surface area contributed by atoms with Crippen LogP contribution in [0.1, 0.15) is 6.92 Å². The SMILES string of the molecule is CCNCCS(=O)(=O)N1CCN(c2ccccc2)CC1. The highest BCUT2D eigenvalue weighted by Crippen LogP contribution is 2.16. The van der Waals surface area contributed by atoms with E-state index in [-0.39, 0.29) is 5.75 Å². The first kappa shape index (κ1) is 15.3. The third kappa shape index (κ3) is 3.94. The summed E-state index contributed by atoms with van der Waals surface area (Å²) in [6, 6.07) is 10.1. The highest BCUT2D eigenvalue weighted by atomic mass is 32.2. The maximum atomic E-state index is 12.2. The van der Waals surface area contributed by atoms with Crippen molar-refractivity contribution in [3.05, 3.63) is 30.3 Å². The molecule has 1 fully saturated rings. The molecular formula is C14H23N3O2S. The number of hydrogen-bond donors (Lipinski definition) is 1. The molecule has 6 heteroatoms. The molecule has 0 bridgehead atoms. The standard InChI is InChI=1S/C14H23N3O2S/c1-2-15-8-13-20(18,19)17-11-9-16(10-12-17)14-6-4-3-5-7-14/h3-7,15H,2,8-13H2,1H3. The van der Waals surface area contributed by atoms with E-state index in [4.69, 9.17) is 0 Å². The smallest absolute Gasteiger partial charge is 0.215 e. The Kier molecular flexibility index (Phi) is 5.39. The van der Waals surface area contributed by atoms with Crippen molar-refractivity contribution in [2.75, 3.05) is 49.9 Å². The monoisotopic (exact) mass is 297 g/mol. The van der Waals surface area contributed by atoms with Crippen LogP contribution in [0.5, 0.6) is 0 Å². The molecule has 1 heterocycles. The van der Waals surface area contributed by atoms with Crippen molar-refractivity contribution >= 4 is 15.7 Å². The number of hydrogen-bond acceptors (Lipinski definition) is 4. The van der Waals surface area contributed by atoms with Crippen molar-refractivity contribution in [3.8, 4) is 0 Å². The number of benzene rings is 1. The number of anilines is 1. The largest absolute Gasteiger partial charge is 0.369 e. The van der Waals surface area contributed by atoms with Crippen LogP contribution in [0.3, 0.4) is 0 Å². The fourth-order valence-corrected chi connectivity index (χ4v) is 3.75. The molecule has 0 atom stereocenters. The van der Waals surface area contributed by atoms with Gasteiger partial charge in [-0.05, 0) is 18.7 Å². The third-order valence-electron chi connectivity index (χ3n) is 3.54. The molecule has 0 aromatic heterocycles. The Morgan fingerprint density at radius 2 is 1.75 bits per heavy atom. The van der Waals surface area contributed by atoms with Crippen LogP contribution in [0.2, 0.25) is 0 Å². The van der Waals surface area contributed by atoms with Crippen LogP contribution in [-0.4, -0.2) is 57.7 Å². The van der Waals surface area contributed by atoms with E-state index in [2.05, 4.69) is 22.3 Å². The second-order valence-electron chi connectivity index (χ2n) is 4.89. The van der Waals surface area contributed by atoms with E-state index in [9.17, 15) is 8.42 Å². The van der Waals surface area contributed by atoms with Gasteiger partial charge in [0.05, 0.1) is 5.75 Å². The van der Waals surface area contributed by atoms with Gasteiger partial charge in [-0.25, -0.2) is 8.42 Å². The first-order valence-electron chi connectivity index (χ1n) is 7.12. The summed E-state index contributed by atoms with van der Waals surface area (Å²) < 4.78 is 26.0. The highest BCUT2D eigenvalue weighted by Gasteiger charge is 2.26. The Morgan fingerprint density at radius 3 is 2.35 bits per heavy atom. The van der Waals surface area contributed by atoms with Gasteiger partial charge in [-0.3, -0.25) is 0 Å². The molecule has 0 spiro atoms. The second-order valence-corrected chi connectivity index (χ2v) is 6.98. The number of piperazine rings is 1. The Balaban J connectivity index is 1.88. The summed E-state index contributed by atoms with van der Waals surface area (Å²) in [5, 5.41) is 3.06. The van der Waals surface area contributed by atoms with E-state index < -0.39 is 10.0 Å². The molecule has 0 radical (unpaired) electrons. The predicted molar refractivity (Wildman–Crippen MR) is 82.6 cm³/mol. The molecule has 1 aromatic rings. The molecule has 0 unspecified atom stereocenters. The Morgan fingerprint density at radius 1 is 1.10 bits per heavy atom. The lowest BCUT2D eigenvalue weighted by Crippen LogP contribution is -2.50. The van der Waals surface area contributed by atoms with Gasteiger partial charge in [0.15, 0.2) is 0 Å². The molecular weight excluding hydrogens is 274 g/mol. The van der Waals surface area contributed by atoms with Crippen LogP contribution in [0, 0.1) is 0 Å². The first-order valence-corrected chi connectivity index (χ1v) is 8.73. The van der Waals surface area contributed by atoms with Crippen molar-refractivity contribution in [1.29, 1.82) is 0 Å².